The highest BCUT2D eigenvalue weighted by molar-refractivity contribution is 5.96. The van der Waals surface area contributed by atoms with Crippen molar-refractivity contribution < 1.29 is 35.9 Å². The summed E-state index contributed by atoms with van der Waals surface area (Å²) >= 11 is 0. The fourth-order valence-corrected chi connectivity index (χ4v) is 6.29. The molecule has 1 spiro atoms. The van der Waals surface area contributed by atoms with Crippen LogP contribution in [0, 0.1) is 12.3 Å². The number of carbonyl (C=O) groups is 2. The van der Waals surface area contributed by atoms with Crippen LogP contribution in [-0.4, -0.2) is 71.8 Å². The normalized spacial score (nSPS) is 24.0. The number of carbonyl (C=O) groups excluding carboxylic acids is 2. The summed E-state index contributed by atoms with van der Waals surface area (Å²) in [6.07, 6.45) is -7.57. The Labute approximate surface area is 233 Å². The van der Waals surface area contributed by atoms with E-state index in [4.69, 9.17) is 0 Å². The van der Waals surface area contributed by atoms with Crippen LogP contribution in [0.4, 0.5) is 31.1 Å². The van der Waals surface area contributed by atoms with E-state index in [0.29, 0.717) is 18.6 Å². The Bertz CT molecular complexity index is 1390. The summed E-state index contributed by atoms with van der Waals surface area (Å²) in [4.78, 5) is 33.8. The molecule has 5 rings (SSSR count). The van der Waals surface area contributed by atoms with Crippen molar-refractivity contribution >= 4 is 11.9 Å². The molecule has 3 aliphatic rings. The minimum Gasteiger partial charge on any atom is -0.380 e. The van der Waals surface area contributed by atoms with Gasteiger partial charge >= 0.3 is 18.4 Å². The van der Waals surface area contributed by atoms with Crippen LogP contribution in [0.25, 0.3) is 0 Å². The average Bonchev–Trinajstić information content (AvgIpc) is 3.55. The molecular formula is C29H30F6N4O2. The zero-order valence-corrected chi connectivity index (χ0v) is 23.0. The number of piperazine rings is 1. The predicted octanol–water partition coefficient (Wildman–Crippen LogP) is 5.69. The second kappa shape index (κ2) is 9.70. The molecule has 2 aromatic carbocycles. The SMILES string of the molecule is Cc1ccccc1C1C2CC3(C=C3N(C)C)C(=O)N2CCN1C(=O)N(C)Cc1cc(C(F)(F)F)cc(C(F)(F)F)c1. The Balaban J connectivity index is 1.46. The summed E-state index contributed by atoms with van der Waals surface area (Å²) in [6, 6.07) is 7.37. The van der Waals surface area contributed by atoms with Gasteiger partial charge in [-0.25, -0.2) is 4.79 Å². The monoisotopic (exact) mass is 580 g/mol. The molecule has 3 atom stereocenters. The smallest absolute Gasteiger partial charge is 0.380 e. The first-order valence-electron chi connectivity index (χ1n) is 13.1. The molecule has 0 N–H and O–H groups in total. The van der Waals surface area contributed by atoms with Gasteiger partial charge in [0, 0.05) is 46.5 Å². The molecule has 6 nitrogen and oxygen atoms in total. The van der Waals surface area contributed by atoms with Gasteiger partial charge in [0.2, 0.25) is 5.91 Å². The summed E-state index contributed by atoms with van der Waals surface area (Å²) in [5.74, 6) is -0.0196. The van der Waals surface area contributed by atoms with Gasteiger partial charge in [-0.1, -0.05) is 24.3 Å². The van der Waals surface area contributed by atoms with Gasteiger partial charge in [-0.05, 0) is 54.3 Å². The first-order chi connectivity index (χ1) is 19.0. The Hall–Kier alpha value is -3.70. The maximum Gasteiger partial charge on any atom is 0.416 e. The average molecular weight is 581 g/mol. The lowest BCUT2D eigenvalue weighted by atomic mass is 9.87. The molecule has 220 valence electrons. The number of fused-ring (bicyclic) bond motifs is 1. The summed E-state index contributed by atoms with van der Waals surface area (Å²) in [7, 11) is 5.09. The zero-order chi connectivity index (χ0) is 30.1. The van der Waals surface area contributed by atoms with Gasteiger partial charge in [0.1, 0.15) is 5.41 Å². The van der Waals surface area contributed by atoms with Crippen molar-refractivity contribution in [1.29, 1.82) is 0 Å². The minimum atomic E-state index is -4.99. The van der Waals surface area contributed by atoms with E-state index in [-0.39, 0.29) is 36.7 Å². The first-order valence-corrected chi connectivity index (χ1v) is 13.1. The molecule has 1 aliphatic carbocycles. The standard InChI is InChI=1S/C29H30F6N4O2/c1-17-7-5-6-8-21(17)24-22-14-27(15-23(27)36(2)3)25(40)38(22)9-10-39(24)26(41)37(4)16-18-11-19(28(30,31)32)13-20(12-18)29(33,34)35/h5-8,11-13,15,22,24H,9-10,14,16H2,1-4H3. The fraction of sp³-hybridized carbons (Fsp3) is 0.448. The fourth-order valence-electron chi connectivity index (χ4n) is 6.29. The van der Waals surface area contributed by atoms with Crippen molar-refractivity contribution in [3.63, 3.8) is 0 Å². The first kappa shape index (κ1) is 28.8. The van der Waals surface area contributed by atoms with E-state index in [1.54, 1.807) is 9.80 Å². The largest absolute Gasteiger partial charge is 0.416 e. The molecule has 2 aliphatic heterocycles. The molecule has 0 bridgehead atoms. The number of rotatable bonds is 4. The molecule has 2 saturated heterocycles. The Morgan fingerprint density at radius 3 is 2.12 bits per heavy atom. The second-order valence-corrected chi connectivity index (χ2v) is 11.2. The van der Waals surface area contributed by atoms with Gasteiger partial charge in [0.25, 0.3) is 0 Å². The molecule has 2 heterocycles. The van der Waals surface area contributed by atoms with Gasteiger partial charge in [-0.15, -0.1) is 0 Å². The maximum atomic E-state index is 13.9. The van der Waals surface area contributed by atoms with Gasteiger partial charge in [0.15, 0.2) is 0 Å². The van der Waals surface area contributed by atoms with Gasteiger partial charge in [-0.2, -0.15) is 26.3 Å². The number of hydrogen-bond donors (Lipinski definition) is 0. The van der Waals surface area contributed by atoms with Crippen molar-refractivity contribution in [2.45, 2.75) is 44.3 Å². The quantitative estimate of drug-likeness (QED) is 0.437. The summed E-state index contributed by atoms with van der Waals surface area (Å²) in [6.45, 7) is 1.86. The highest BCUT2D eigenvalue weighted by Gasteiger charge is 2.64. The second-order valence-electron chi connectivity index (χ2n) is 11.2. The van der Waals surface area contributed by atoms with Crippen molar-refractivity contribution in [1.82, 2.24) is 19.6 Å². The van der Waals surface area contributed by atoms with Crippen molar-refractivity contribution in [2.75, 3.05) is 34.2 Å². The molecule has 12 heteroatoms. The molecule has 3 unspecified atom stereocenters. The van der Waals surface area contributed by atoms with Crippen LogP contribution in [0.5, 0.6) is 0 Å². The molecule has 3 amide bonds. The Morgan fingerprint density at radius 1 is 0.976 bits per heavy atom. The number of urea groups is 1. The minimum absolute atomic E-state index is 0.0196. The van der Waals surface area contributed by atoms with E-state index in [1.165, 1.54) is 7.05 Å². The number of benzene rings is 2. The van der Waals surface area contributed by atoms with Gasteiger partial charge in [-0.3, -0.25) is 4.79 Å². The lowest BCUT2D eigenvalue weighted by Gasteiger charge is -2.46. The topological polar surface area (TPSA) is 47.1 Å². The summed E-state index contributed by atoms with van der Waals surface area (Å²) in [5, 5.41) is 0. The number of amides is 3. The zero-order valence-electron chi connectivity index (χ0n) is 23.0. The third kappa shape index (κ3) is 5.01. The van der Waals surface area contributed by atoms with Crippen LogP contribution >= 0.6 is 0 Å². The van der Waals surface area contributed by atoms with E-state index in [2.05, 4.69) is 0 Å². The van der Waals surface area contributed by atoms with Crippen molar-refractivity contribution in [3.8, 4) is 0 Å². The van der Waals surface area contributed by atoms with Crippen LogP contribution < -0.4 is 0 Å². The number of aryl methyl sites for hydroxylation is 1. The van der Waals surface area contributed by atoms with Crippen molar-refractivity contribution in [3.05, 3.63) is 82.1 Å². The predicted molar refractivity (Wildman–Crippen MR) is 138 cm³/mol. The third-order valence-electron chi connectivity index (χ3n) is 8.24. The van der Waals surface area contributed by atoms with Crippen molar-refractivity contribution in [2.24, 2.45) is 5.41 Å². The van der Waals surface area contributed by atoms with Gasteiger partial charge in [0.05, 0.1) is 23.2 Å². The molecule has 2 fully saturated rings. The molecule has 0 radical (unpaired) electrons. The van der Waals surface area contributed by atoms with E-state index in [9.17, 15) is 35.9 Å². The van der Waals surface area contributed by atoms with Crippen LogP contribution in [0.1, 0.15) is 40.3 Å². The number of hydrogen-bond acceptors (Lipinski definition) is 3. The summed E-state index contributed by atoms with van der Waals surface area (Å²) < 4.78 is 80.4. The third-order valence-corrected chi connectivity index (χ3v) is 8.24. The number of nitrogens with zero attached hydrogens (tertiary/aromatic N) is 4. The maximum absolute atomic E-state index is 13.9. The Morgan fingerprint density at radius 2 is 1.59 bits per heavy atom. The van der Waals surface area contributed by atoms with E-state index >= 15 is 0 Å². The van der Waals surface area contributed by atoms with E-state index in [1.807, 2.05) is 56.3 Å². The highest BCUT2D eigenvalue weighted by atomic mass is 19.4. The van der Waals surface area contributed by atoms with E-state index < -0.39 is 47.5 Å². The van der Waals surface area contributed by atoms with Gasteiger partial charge < -0.3 is 19.6 Å². The summed E-state index contributed by atoms with van der Waals surface area (Å²) in [5.41, 5.74) is -1.22. The molecule has 0 aromatic heterocycles. The molecular weight excluding hydrogens is 550 g/mol. The number of alkyl halides is 6. The van der Waals surface area contributed by atoms with Crippen LogP contribution in [0.3, 0.4) is 0 Å². The van der Waals surface area contributed by atoms with E-state index in [0.717, 1.165) is 21.7 Å². The number of halogens is 6. The Kier molecular flexibility index (Phi) is 6.81. The highest BCUT2D eigenvalue weighted by Crippen LogP contribution is 2.58. The van der Waals surface area contributed by atoms with Crippen LogP contribution in [0.15, 0.2) is 54.2 Å². The lowest BCUT2D eigenvalue weighted by Crippen LogP contribution is -2.57. The van der Waals surface area contributed by atoms with Crippen LogP contribution in [0.2, 0.25) is 0 Å². The van der Waals surface area contributed by atoms with Crippen LogP contribution in [-0.2, 0) is 23.7 Å². The molecule has 41 heavy (non-hydrogen) atoms. The molecule has 2 aromatic rings. The lowest BCUT2D eigenvalue weighted by molar-refractivity contribution is -0.143. The molecule has 0 saturated carbocycles.